The molecule has 0 unspecified atom stereocenters. The van der Waals surface area contributed by atoms with Crippen LogP contribution in [0.5, 0.6) is 0 Å². The van der Waals surface area contributed by atoms with E-state index in [2.05, 4.69) is 10.2 Å². The van der Waals surface area contributed by atoms with Crippen molar-refractivity contribution in [1.82, 2.24) is 4.31 Å². The quantitative estimate of drug-likeness (QED) is 0.682. The zero-order valence-corrected chi connectivity index (χ0v) is 19.9. The second kappa shape index (κ2) is 10.1. The number of rotatable bonds is 5. The molecule has 2 fully saturated rings. The van der Waals surface area contributed by atoms with Crippen LogP contribution in [-0.4, -0.2) is 44.8 Å². The monoisotopic (exact) mass is 486 g/mol. The molecule has 2 saturated heterocycles. The standard InChI is InChI=1S/C24H27ClN4O3S/c25-20-6-9-23(28-12-2-1-3-13-28)22(16-20)27-24(30)19-10-14-29(15-11-19)33(31,32)21-7-4-18(17-26)5-8-21/h4-9,16,19H,1-3,10-15H2,(H,27,30). The van der Waals surface area contributed by atoms with Crippen LogP contribution < -0.4 is 10.2 Å². The highest BCUT2D eigenvalue weighted by Gasteiger charge is 2.32. The van der Waals surface area contributed by atoms with E-state index in [1.807, 2.05) is 18.2 Å². The van der Waals surface area contributed by atoms with Crippen molar-refractivity contribution >= 4 is 38.9 Å². The molecule has 0 radical (unpaired) electrons. The van der Waals surface area contributed by atoms with E-state index in [4.69, 9.17) is 16.9 Å². The van der Waals surface area contributed by atoms with Gasteiger partial charge < -0.3 is 10.2 Å². The molecule has 33 heavy (non-hydrogen) atoms. The van der Waals surface area contributed by atoms with Crippen molar-refractivity contribution in [2.24, 2.45) is 5.92 Å². The van der Waals surface area contributed by atoms with Gasteiger partial charge in [0.15, 0.2) is 0 Å². The average Bonchev–Trinajstić information content (AvgIpc) is 2.85. The molecule has 2 aromatic carbocycles. The maximum Gasteiger partial charge on any atom is 0.243 e. The van der Waals surface area contributed by atoms with Crippen LogP contribution >= 0.6 is 11.6 Å². The number of nitriles is 1. The lowest BCUT2D eigenvalue weighted by Crippen LogP contribution is -2.41. The van der Waals surface area contributed by atoms with E-state index in [1.54, 1.807) is 6.07 Å². The predicted octanol–water partition coefficient (Wildman–Crippen LogP) is 4.24. The van der Waals surface area contributed by atoms with Crippen molar-refractivity contribution in [2.45, 2.75) is 37.0 Å². The summed E-state index contributed by atoms with van der Waals surface area (Å²) in [6.07, 6.45) is 4.36. The maximum absolute atomic E-state index is 13.0. The Balaban J connectivity index is 1.41. The van der Waals surface area contributed by atoms with E-state index in [0.29, 0.717) is 29.1 Å². The molecule has 2 aromatic rings. The Bertz CT molecular complexity index is 1150. The van der Waals surface area contributed by atoms with E-state index in [0.717, 1.165) is 31.6 Å². The zero-order chi connectivity index (χ0) is 23.4. The molecule has 7 nitrogen and oxygen atoms in total. The van der Waals surface area contributed by atoms with Gasteiger partial charge in [0.2, 0.25) is 15.9 Å². The molecular formula is C24H27ClN4O3S. The van der Waals surface area contributed by atoms with Gasteiger partial charge in [0.25, 0.3) is 0 Å². The summed E-state index contributed by atoms with van der Waals surface area (Å²) in [5.74, 6) is -0.378. The Kier molecular flexibility index (Phi) is 7.23. The molecule has 0 atom stereocenters. The Morgan fingerprint density at radius 3 is 2.30 bits per heavy atom. The first kappa shape index (κ1) is 23.6. The highest BCUT2D eigenvalue weighted by molar-refractivity contribution is 7.89. The third-order valence-corrected chi connectivity index (χ3v) is 8.51. The minimum absolute atomic E-state index is 0.106. The number of anilines is 2. The van der Waals surface area contributed by atoms with Crippen molar-refractivity contribution in [3.05, 3.63) is 53.1 Å². The van der Waals surface area contributed by atoms with Crippen LogP contribution in [0.25, 0.3) is 0 Å². The number of halogens is 1. The first-order chi connectivity index (χ1) is 15.9. The fourth-order valence-electron chi connectivity index (χ4n) is 4.46. The average molecular weight is 487 g/mol. The number of nitrogens with one attached hydrogen (secondary N) is 1. The van der Waals surface area contributed by atoms with Crippen LogP contribution in [0.1, 0.15) is 37.7 Å². The number of sulfonamides is 1. The van der Waals surface area contributed by atoms with E-state index >= 15 is 0 Å². The van der Waals surface area contributed by atoms with Gasteiger partial charge in [-0.05, 0) is 74.6 Å². The van der Waals surface area contributed by atoms with Crippen molar-refractivity contribution in [1.29, 1.82) is 5.26 Å². The lowest BCUT2D eigenvalue weighted by Gasteiger charge is -2.32. The van der Waals surface area contributed by atoms with Crippen LogP contribution in [0.4, 0.5) is 11.4 Å². The molecule has 0 bridgehead atoms. The van der Waals surface area contributed by atoms with Crippen LogP contribution in [0.2, 0.25) is 5.02 Å². The summed E-state index contributed by atoms with van der Waals surface area (Å²) in [4.78, 5) is 15.5. The topological polar surface area (TPSA) is 93.5 Å². The van der Waals surface area contributed by atoms with Gasteiger partial charge in [0.1, 0.15) is 0 Å². The van der Waals surface area contributed by atoms with Crippen molar-refractivity contribution < 1.29 is 13.2 Å². The Morgan fingerprint density at radius 1 is 1.00 bits per heavy atom. The summed E-state index contributed by atoms with van der Waals surface area (Å²) < 4.78 is 27.3. The number of piperidine rings is 2. The van der Waals surface area contributed by atoms with E-state index < -0.39 is 10.0 Å². The molecule has 0 saturated carbocycles. The first-order valence-electron chi connectivity index (χ1n) is 11.2. The summed E-state index contributed by atoms with van der Waals surface area (Å²) in [7, 11) is -3.65. The Morgan fingerprint density at radius 2 is 1.67 bits per heavy atom. The maximum atomic E-state index is 13.0. The minimum Gasteiger partial charge on any atom is -0.370 e. The SMILES string of the molecule is N#Cc1ccc(S(=O)(=O)N2CCC(C(=O)Nc3cc(Cl)ccc3N3CCCCC3)CC2)cc1. The molecule has 1 N–H and O–H groups in total. The summed E-state index contributed by atoms with van der Waals surface area (Å²) in [5.41, 5.74) is 2.10. The lowest BCUT2D eigenvalue weighted by molar-refractivity contribution is -0.120. The molecule has 4 rings (SSSR count). The number of carbonyl (C=O) groups excluding carboxylic acids is 1. The van der Waals surface area contributed by atoms with Crippen molar-refractivity contribution in [2.75, 3.05) is 36.4 Å². The molecular weight excluding hydrogens is 460 g/mol. The van der Waals surface area contributed by atoms with Crippen LogP contribution in [0.15, 0.2) is 47.4 Å². The normalized spacial score (nSPS) is 18.0. The Hall–Kier alpha value is -2.60. The molecule has 9 heteroatoms. The van der Waals surface area contributed by atoms with E-state index in [-0.39, 0.29) is 29.8 Å². The summed E-state index contributed by atoms with van der Waals surface area (Å²) in [6.45, 7) is 2.45. The zero-order valence-electron chi connectivity index (χ0n) is 18.3. The van der Waals surface area contributed by atoms with Crippen molar-refractivity contribution in [3.8, 4) is 6.07 Å². The van der Waals surface area contributed by atoms with Gasteiger partial charge in [0, 0.05) is 37.1 Å². The third-order valence-electron chi connectivity index (χ3n) is 6.36. The second-order valence-electron chi connectivity index (χ2n) is 8.51. The first-order valence-corrected chi connectivity index (χ1v) is 13.1. The van der Waals surface area contributed by atoms with Gasteiger partial charge in [-0.15, -0.1) is 0 Å². The number of carbonyl (C=O) groups is 1. The van der Waals surface area contributed by atoms with Crippen LogP contribution in [0.3, 0.4) is 0 Å². The summed E-state index contributed by atoms with van der Waals surface area (Å²) in [6, 6.07) is 13.5. The largest absolute Gasteiger partial charge is 0.370 e. The van der Waals surface area contributed by atoms with Gasteiger partial charge in [-0.3, -0.25) is 4.79 Å². The lowest BCUT2D eigenvalue weighted by atomic mass is 9.97. The molecule has 2 aliphatic rings. The fraction of sp³-hybridized carbons (Fsp3) is 0.417. The molecule has 2 heterocycles. The van der Waals surface area contributed by atoms with E-state index in [9.17, 15) is 13.2 Å². The predicted molar refractivity (Wildman–Crippen MR) is 129 cm³/mol. The smallest absolute Gasteiger partial charge is 0.243 e. The van der Waals surface area contributed by atoms with Crippen molar-refractivity contribution in [3.63, 3.8) is 0 Å². The Labute approximate surface area is 200 Å². The van der Waals surface area contributed by atoms with Gasteiger partial charge in [-0.1, -0.05) is 11.6 Å². The highest BCUT2D eigenvalue weighted by Crippen LogP contribution is 2.32. The molecule has 174 valence electrons. The molecule has 2 aliphatic heterocycles. The van der Waals surface area contributed by atoms with Crippen LogP contribution in [-0.2, 0) is 14.8 Å². The fourth-order valence-corrected chi connectivity index (χ4v) is 6.10. The summed E-state index contributed by atoms with van der Waals surface area (Å²) in [5, 5.41) is 12.5. The number of nitrogens with zero attached hydrogens (tertiary/aromatic N) is 3. The number of hydrogen-bond donors (Lipinski definition) is 1. The minimum atomic E-state index is -3.65. The molecule has 1 amide bonds. The molecule has 0 aliphatic carbocycles. The molecule has 0 aromatic heterocycles. The number of amides is 1. The van der Waals surface area contributed by atoms with Gasteiger partial charge in [0.05, 0.1) is 27.9 Å². The molecule has 0 spiro atoms. The van der Waals surface area contributed by atoms with Gasteiger partial charge >= 0.3 is 0 Å². The van der Waals surface area contributed by atoms with Crippen LogP contribution in [0, 0.1) is 17.2 Å². The van der Waals surface area contributed by atoms with E-state index in [1.165, 1.54) is 35.0 Å². The summed E-state index contributed by atoms with van der Waals surface area (Å²) >= 11 is 6.21. The highest BCUT2D eigenvalue weighted by atomic mass is 35.5. The number of benzene rings is 2. The van der Waals surface area contributed by atoms with Gasteiger partial charge in [-0.2, -0.15) is 9.57 Å². The third kappa shape index (κ3) is 5.32. The second-order valence-corrected chi connectivity index (χ2v) is 10.9. The van der Waals surface area contributed by atoms with Gasteiger partial charge in [-0.25, -0.2) is 8.42 Å². The number of hydrogen-bond acceptors (Lipinski definition) is 5.